The second-order valence-corrected chi connectivity index (χ2v) is 4.54. The zero-order chi connectivity index (χ0) is 15.2. The van der Waals surface area contributed by atoms with E-state index in [2.05, 4.69) is 5.32 Å². The minimum Gasteiger partial charge on any atom is -0.478 e. The van der Waals surface area contributed by atoms with Crippen LogP contribution in [0.25, 0.3) is 0 Å². The van der Waals surface area contributed by atoms with Crippen molar-refractivity contribution in [3.63, 3.8) is 0 Å². The smallest absolute Gasteiger partial charge is 0.412 e. The molecule has 0 fully saturated rings. The Morgan fingerprint density at radius 1 is 1.10 bits per heavy atom. The molecule has 0 aliphatic rings. The fourth-order valence-electron chi connectivity index (χ4n) is 1.66. The van der Waals surface area contributed by atoms with Crippen LogP contribution in [-0.2, 0) is 11.3 Å². The number of anilines is 1. The van der Waals surface area contributed by atoms with Gasteiger partial charge in [0.15, 0.2) is 0 Å². The zero-order valence-corrected chi connectivity index (χ0v) is 11.6. The van der Waals surface area contributed by atoms with E-state index in [0.29, 0.717) is 0 Å². The number of aromatic carboxylic acids is 1. The Hall–Kier alpha value is -2.53. The number of rotatable bonds is 4. The summed E-state index contributed by atoms with van der Waals surface area (Å²) < 4.78 is 5.03. The topological polar surface area (TPSA) is 75.6 Å². The number of halogens is 1. The van der Waals surface area contributed by atoms with Gasteiger partial charge in [0.05, 0.1) is 16.3 Å². The van der Waals surface area contributed by atoms with Crippen molar-refractivity contribution in [2.75, 3.05) is 5.32 Å². The van der Waals surface area contributed by atoms with Crippen molar-refractivity contribution in [1.29, 1.82) is 0 Å². The maximum Gasteiger partial charge on any atom is 0.412 e. The lowest BCUT2D eigenvalue weighted by Gasteiger charge is -2.09. The summed E-state index contributed by atoms with van der Waals surface area (Å²) in [6, 6.07) is 13.5. The molecule has 0 unspecified atom stereocenters. The average Bonchev–Trinajstić information content (AvgIpc) is 2.48. The van der Waals surface area contributed by atoms with Gasteiger partial charge in [0.25, 0.3) is 0 Å². The molecular weight excluding hydrogens is 294 g/mol. The van der Waals surface area contributed by atoms with Crippen LogP contribution in [0.5, 0.6) is 0 Å². The third-order valence-electron chi connectivity index (χ3n) is 2.68. The van der Waals surface area contributed by atoms with Crippen molar-refractivity contribution >= 4 is 29.4 Å². The van der Waals surface area contributed by atoms with Gasteiger partial charge in [-0.25, -0.2) is 9.59 Å². The van der Waals surface area contributed by atoms with Gasteiger partial charge in [0.1, 0.15) is 6.61 Å². The number of carbonyl (C=O) groups is 2. The number of benzene rings is 2. The van der Waals surface area contributed by atoms with E-state index >= 15 is 0 Å². The summed E-state index contributed by atoms with van der Waals surface area (Å²) in [6.07, 6.45) is -0.705. The Labute approximate surface area is 126 Å². The van der Waals surface area contributed by atoms with Crippen LogP contribution >= 0.6 is 11.6 Å². The highest BCUT2D eigenvalue weighted by Crippen LogP contribution is 2.26. The van der Waals surface area contributed by atoms with Crippen molar-refractivity contribution in [2.45, 2.75) is 6.61 Å². The molecule has 0 heterocycles. The third kappa shape index (κ3) is 3.97. The molecule has 5 nitrogen and oxygen atoms in total. The first-order valence-electron chi connectivity index (χ1n) is 6.07. The number of hydrogen-bond acceptors (Lipinski definition) is 3. The van der Waals surface area contributed by atoms with E-state index < -0.39 is 12.1 Å². The number of carboxylic acid groups (broad SMARTS) is 1. The first kappa shape index (κ1) is 14.9. The molecule has 1 amide bonds. The maximum absolute atomic E-state index is 11.7. The number of carbonyl (C=O) groups excluding carboxylic acids is 1. The molecule has 0 bridgehead atoms. The van der Waals surface area contributed by atoms with Gasteiger partial charge in [-0.15, -0.1) is 0 Å². The average molecular weight is 306 g/mol. The highest BCUT2D eigenvalue weighted by molar-refractivity contribution is 6.36. The van der Waals surface area contributed by atoms with Crippen molar-refractivity contribution in [1.82, 2.24) is 0 Å². The molecule has 0 radical (unpaired) electrons. The SMILES string of the molecule is O=C(Nc1cccc(C(=O)O)c1Cl)OCc1ccccc1. The van der Waals surface area contributed by atoms with Gasteiger partial charge in [0, 0.05) is 0 Å². The fraction of sp³-hybridized carbons (Fsp3) is 0.0667. The maximum atomic E-state index is 11.7. The number of hydrogen-bond donors (Lipinski definition) is 2. The summed E-state index contributed by atoms with van der Waals surface area (Å²) in [4.78, 5) is 22.6. The van der Waals surface area contributed by atoms with Gasteiger partial charge in [-0.3, -0.25) is 5.32 Å². The molecule has 2 aromatic rings. The standard InChI is InChI=1S/C15H12ClNO4/c16-13-11(14(18)19)7-4-8-12(13)17-15(20)21-9-10-5-2-1-3-6-10/h1-8H,9H2,(H,17,20)(H,18,19). The summed E-state index contributed by atoms with van der Waals surface area (Å²) in [5.74, 6) is -1.17. The van der Waals surface area contributed by atoms with Gasteiger partial charge >= 0.3 is 12.1 Å². The predicted octanol–water partition coefficient (Wildman–Crippen LogP) is 3.79. The normalized spacial score (nSPS) is 9.95. The Kier molecular flexibility index (Phi) is 4.79. The zero-order valence-electron chi connectivity index (χ0n) is 10.9. The predicted molar refractivity (Wildman–Crippen MR) is 78.7 cm³/mol. The molecule has 2 rings (SSSR count). The molecular formula is C15H12ClNO4. The minimum atomic E-state index is -1.17. The van der Waals surface area contributed by atoms with Crippen molar-refractivity contribution in [3.05, 3.63) is 64.7 Å². The Balaban J connectivity index is 2.00. The summed E-state index contributed by atoms with van der Waals surface area (Å²) in [5.41, 5.74) is 0.949. The van der Waals surface area contributed by atoms with Gasteiger partial charge in [-0.2, -0.15) is 0 Å². The Morgan fingerprint density at radius 3 is 2.48 bits per heavy atom. The first-order valence-corrected chi connectivity index (χ1v) is 6.45. The van der Waals surface area contributed by atoms with Crippen LogP contribution in [0.4, 0.5) is 10.5 Å². The molecule has 2 aromatic carbocycles. The molecule has 0 aliphatic carbocycles. The van der Waals surface area contributed by atoms with E-state index in [0.717, 1.165) is 5.56 Å². The number of nitrogens with one attached hydrogen (secondary N) is 1. The van der Waals surface area contributed by atoms with E-state index in [1.165, 1.54) is 18.2 Å². The monoisotopic (exact) mass is 305 g/mol. The molecule has 108 valence electrons. The largest absolute Gasteiger partial charge is 0.478 e. The highest BCUT2D eigenvalue weighted by Gasteiger charge is 2.14. The van der Waals surface area contributed by atoms with Crippen LogP contribution in [0.1, 0.15) is 15.9 Å². The molecule has 2 N–H and O–H groups in total. The number of ether oxygens (including phenoxy) is 1. The van der Waals surface area contributed by atoms with Crippen LogP contribution in [-0.4, -0.2) is 17.2 Å². The molecule has 21 heavy (non-hydrogen) atoms. The number of amides is 1. The van der Waals surface area contributed by atoms with E-state index in [1.54, 1.807) is 0 Å². The van der Waals surface area contributed by atoms with Gasteiger partial charge in [-0.1, -0.05) is 48.0 Å². The molecule has 0 aliphatic heterocycles. The van der Waals surface area contributed by atoms with Crippen molar-refractivity contribution < 1.29 is 19.4 Å². The Morgan fingerprint density at radius 2 is 1.81 bits per heavy atom. The molecule has 6 heteroatoms. The summed E-state index contributed by atoms with van der Waals surface area (Å²) in [7, 11) is 0. The minimum absolute atomic E-state index is 0.0401. The van der Waals surface area contributed by atoms with Crippen molar-refractivity contribution in [3.8, 4) is 0 Å². The third-order valence-corrected chi connectivity index (χ3v) is 3.09. The van der Waals surface area contributed by atoms with Crippen LogP contribution in [0.15, 0.2) is 48.5 Å². The Bertz CT molecular complexity index is 658. The van der Waals surface area contributed by atoms with Crippen LogP contribution < -0.4 is 5.32 Å². The lowest BCUT2D eigenvalue weighted by Crippen LogP contribution is -2.14. The molecule has 0 aromatic heterocycles. The molecule has 0 spiro atoms. The molecule has 0 saturated carbocycles. The van der Waals surface area contributed by atoms with Gasteiger partial charge < -0.3 is 9.84 Å². The highest BCUT2D eigenvalue weighted by atomic mass is 35.5. The van der Waals surface area contributed by atoms with Gasteiger partial charge in [0.2, 0.25) is 0 Å². The van der Waals surface area contributed by atoms with Crippen LogP contribution in [0.2, 0.25) is 5.02 Å². The summed E-state index contributed by atoms with van der Waals surface area (Å²) in [6.45, 7) is 0.114. The van der Waals surface area contributed by atoms with Crippen LogP contribution in [0.3, 0.4) is 0 Å². The second kappa shape index (κ2) is 6.76. The summed E-state index contributed by atoms with van der Waals surface area (Å²) >= 11 is 5.91. The van der Waals surface area contributed by atoms with E-state index in [1.807, 2.05) is 30.3 Å². The van der Waals surface area contributed by atoms with E-state index in [4.69, 9.17) is 21.4 Å². The quantitative estimate of drug-likeness (QED) is 0.901. The summed E-state index contributed by atoms with van der Waals surface area (Å²) in [5, 5.41) is 11.3. The van der Waals surface area contributed by atoms with Gasteiger partial charge in [-0.05, 0) is 17.7 Å². The van der Waals surface area contributed by atoms with E-state index in [9.17, 15) is 9.59 Å². The molecule has 0 atom stereocenters. The second-order valence-electron chi connectivity index (χ2n) is 4.16. The first-order chi connectivity index (χ1) is 10.1. The van der Waals surface area contributed by atoms with E-state index in [-0.39, 0.29) is 22.9 Å². The number of carboxylic acids is 1. The fourth-order valence-corrected chi connectivity index (χ4v) is 1.92. The van der Waals surface area contributed by atoms with Crippen LogP contribution in [0, 0.1) is 0 Å². The lowest BCUT2D eigenvalue weighted by atomic mass is 10.2. The molecule has 0 saturated heterocycles. The van der Waals surface area contributed by atoms with Crippen molar-refractivity contribution in [2.24, 2.45) is 0 Å². The lowest BCUT2D eigenvalue weighted by molar-refractivity contribution is 0.0697.